The van der Waals surface area contributed by atoms with Crippen molar-refractivity contribution < 1.29 is 8.78 Å². The van der Waals surface area contributed by atoms with Gasteiger partial charge in [-0.1, -0.05) is 31.2 Å². The standard InChI is InChI=1S/C17H19F2NS/c1-2-11-20-16(12-21-13-7-4-3-5-8-13)17-14(18)9-6-10-15(17)19/h3-10,16,20H,2,11-12H2,1H3. The second-order valence-corrected chi connectivity index (χ2v) is 5.86. The van der Waals surface area contributed by atoms with Crippen molar-refractivity contribution in [3.63, 3.8) is 0 Å². The zero-order chi connectivity index (χ0) is 15.1. The third-order valence-corrected chi connectivity index (χ3v) is 4.25. The minimum atomic E-state index is -0.489. The first kappa shape index (κ1) is 16.0. The van der Waals surface area contributed by atoms with E-state index in [2.05, 4.69) is 5.32 Å². The summed E-state index contributed by atoms with van der Waals surface area (Å²) in [6.07, 6.45) is 0.919. The lowest BCUT2D eigenvalue weighted by Crippen LogP contribution is -2.26. The quantitative estimate of drug-likeness (QED) is 0.738. The molecule has 0 radical (unpaired) electrons. The van der Waals surface area contributed by atoms with Crippen LogP contribution in [0.3, 0.4) is 0 Å². The van der Waals surface area contributed by atoms with E-state index in [1.54, 1.807) is 11.8 Å². The molecule has 21 heavy (non-hydrogen) atoms. The summed E-state index contributed by atoms with van der Waals surface area (Å²) in [4.78, 5) is 1.09. The van der Waals surface area contributed by atoms with Crippen molar-refractivity contribution >= 4 is 11.8 Å². The van der Waals surface area contributed by atoms with Gasteiger partial charge in [-0.25, -0.2) is 8.78 Å². The van der Waals surface area contributed by atoms with Crippen LogP contribution >= 0.6 is 11.8 Å². The molecule has 0 amide bonds. The summed E-state index contributed by atoms with van der Waals surface area (Å²) in [5, 5.41) is 3.24. The Balaban J connectivity index is 2.14. The summed E-state index contributed by atoms with van der Waals surface area (Å²) in [7, 11) is 0. The number of benzene rings is 2. The lowest BCUT2D eigenvalue weighted by Gasteiger charge is -2.20. The highest BCUT2D eigenvalue weighted by Crippen LogP contribution is 2.27. The SMILES string of the molecule is CCCNC(CSc1ccccc1)c1c(F)cccc1F. The lowest BCUT2D eigenvalue weighted by molar-refractivity contribution is 0.492. The molecule has 4 heteroatoms. The van der Waals surface area contributed by atoms with E-state index in [1.807, 2.05) is 37.3 Å². The Morgan fingerprint density at radius 3 is 2.29 bits per heavy atom. The Morgan fingerprint density at radius 2 is 1.67 bits per heavy atom. The fraction of sp³-hybridized carbons (Fsp3) is 0.294. The van der Waals surface area contributed by atoms with Crippen LogP contribution in [0, 0.1) is 11.6 Å². The number of hydrogen-bond donors (Lipinski definition) is 1. The van der Waals surface area contributed by atoms with E-state index in [-0.39, 0.29) is 11.6 Å². The van der Waals surface area contributed by atoms with Crippen LogP contribution in [0.15, 0.2) is 53.4 Å². The Labute approximate surface area is 128 Å². The summed E-state index contributed by atoms with van der Waals surface area (Å²) < 4.78 is 27.9. The molecule has 0 aliphatic heterocycles. The Morgan fingerprint density at radius 1 is 1.00 bits per heavy atom. The van der Waals surface area contributed by atoms with Crippen LogP contribution in [-0.2, 0) is 0 Å². The van der Waals surface area contributed by atoms with Crippen molar-refractivity contribution in [2.24, 2.45) is 0 Å². The molecule has 0 spiro atoms. The fourth-order valence-electron chi connectivity index (χ4n) is 2.10. The molecule has 0 aromatic heterocycles. The molecule has 0 heterocycles. The van der Waals surface area contributed by atoms with Gasteiger partial charge in [0.25, 0.3) is 0 Å². The predicted octanol–water partition coefficient (Wildman–Crippen LogP) is 4.80. The average molecular weight is 307 g/mol. The van der Waals surface area contributed by atoms with Gasteiger partial charge in [0, 0.05) is 22.3 Å². The summed E-state index contributed by atoms with van der Waals surface area (Å²) in [6, 6.07) is 13.6. The summed E-state index contributed by atoms with van der Waals surface area (Å²) in [6.45, 7) is 2.76. The molecular formula is C17H19F2NS. The minimum Gasteiger partial charge on any atom is -0.309 e. The molecule has 0 aliphatic carbocycles. The first-order valence-corrected chi connectivity index (χ1v) is 8.06. The Bertz CT molecular complexity index is 540. The van der Waals surface area contributed by atoms with Gasteiger partial charge in [0.15, 0.2) is 0 Å². The lowest BCUT2D eigenvalue weighted by atomic mass is 10.1. The first-order valence-electron chi connectivity index (χ1n) is 7.07. The minimum absolute atomic E-state index is 0.134. The molecule has 0 aliphatic rings. The predicted molar refractivity (Wildman–Crippen MR) is 84.6 cm³/mol. The molecule has 0 fully saturated rings. The summed E-state index contributed by atoms with van der Waals surface area (Å²) >= 11 is 1.60. The maximum Gasteiger partial charge on any atom is 0.130 e. The van der Waals surface area contributed by atoms with Gasteiger partial charge >= 0.3 is 0 Å². The molecule has 2 aromatic rings. The molecule has 1 nitrogen and oxygen atoms in total. The Kier molecular flexibility index (Phi) is 6.21. The Hall–Kier alpha value is -1.39. The van der Waals surface area contributed by atoms with Gasteiger partial charge in [0.05, 0.1) is 0 Å². The summed E-state index contributed by atoms with van der Waals surface area (Å²) in [5.41, 5.74) is 0.134. The topological polar surface area (TPSA) is 12.0 Å². The molecule has 0 bridgehead atoms. The van der Waals surface area contributed by atoms with E-state index >= 15 is 0 Å². The molecule has 1 atom stereocenters. The second-order valence-electron chi connectivity index (χ2n) is 4.77. The van der Waals surface area contributed by atoms with Gasteiger partial charge in [-0.05, 0) is 37.2 Å². The van der Waals surface area contributed by atoms with Crippen LogP contribution in [0.1, 0.15) is 24.9 Å². The van der Waals surface area contributed by atoms with Crippen LogP contribution in [-0.4, -0.2) is 12.3 Å². The largest absolute Gasteiger partial charge is 0.309 e. The highest BCUT2D eigenvalue weighted by Gasteiger charge is 2.19. The molecule has 2 rings (SSSR count). The molecule has 1 N–H and O–H groups in total. The van der Waals surface area contributed by atoms with Crippen molar-refractivity contribution in [2.75, 3.05) is 12.3 Å². The van der Waals surface area contributed by atoms with Crippen molar-refractivity contribution in [3.05, 3.63) is 65.7 Å². The van der Waals surface area contributed by atoms with Crippen LogP contribution in [0.4, 0.5) is 8.78 Å². The first-order chi connectivity index (χ1) is 10.2. The second kappa shape index (κ2) is 8.15. The smallest absolute Gasteiger partial charge is 0.130 e. The third-order valence-electron chi connectivity index (χ3n) is 3.15. The highest BCUT2D eigenvalue weighted by atomic mass is 32.2. The van der Waals surface area contributed by atoms with Crippen molar-refractivity contribution in [1.29, 1.82) is 0 Å². The van der Waals surface area contributed by atoms with E-state index in [0.717, 1.165) is 17.9 Å². The highest BCUT2D eigenvalue weighted by molar-refractivity contribution is 7.99. The van der Waals surface area contributed by atoms with Crippen molar-refractivity contribution in [3.8, 4) is 0 Å². The van der Waals surface area contributed by atoms with Crippen LogP contribution in [0.2, 0.25) is 0 Å². The number of rotatable bonds is 7. The van der Waals surface area contributed by atoms with Gasteiger partial charge in [-0.15, -0.1) is 11.8 Å². The molecule has 0 saturated heterocycles. The number of halogens is 2. The summed E-state index contributed by atoms with van der Waals surface area (Å²) in [5.74, 6) is -0.392. The molecule has 112 valence electrons. The van der Waals surface area contributed by atoms with Crippen molar-refractivity contribution in [2.45, 2.75) is 24.3 Å². The number of hydrogen-bond acceptors (Lipinski definition) is 2. The van der Waals surface area contributed by atoms with Gasteiger partial charge in [-0.2, -0.15) is 0 Å². The van der Waals surface area contributed by atoms with Gasteiger partial charge in [0.2, 0.25) is 0 Å². The van der Waals surface area contributed by atoms with Crippen LogP contribution in [0.5, 0.6) is 0 Å². The molecular weight excluding hydrogens is 288 g/mol. The third kappa shape index (κ3) is 4.55. The van der Waals surface area contributed by atoms with Gasteiger partial charge in [0.1, 0.15) is 11.6 Å². The number of nitrogens with one attached hydrogen (secondary N) is 1. The normalized spacial score (nSPS) is 12.3. The van der Waals surface area contributed by atoms with Gasteiger partial charge in [-0.3, -0.25) is 0 Å². The molecule has 1 unspecified atom stereocenters. The average Bonchev–Trinajstić information content (AvgIpc) is 2.50. The maximum atomic E-state index is 14.0. The van der Waals surface area contributed by atoms with E-state index in [0.29, 0.717) is 5.75 Å². The number of thioether (sulfide) groups is 1. The zero-order valence-corrected chi connectivity index (χ0v) is 12.8. The van der Waals surface area contributed by atoms with E-state index in [4.69, 9.17) is 0 Å². The fourth-order valence-corrected chi connectivity index (χ4v) is 3.10. The van der Waals surface area contributed by atoms with Crippen molar-refractivity contribution in [1.82, 2.24) is 5.32 Å². The van der Waals surface area contributed by atoms with E-state index in [9.17, 15) is 8.78 Å². The van der Waals surface area contributed by atoms with Crippen LogP contribution < -0.4 is 5.32 Å². The van der Waals surface area contributed by atoms with Crippen LogP contribution in [0.25, 0.3) is 0 Å². The maximum absolute atomic E-state index is 14.0. The zero-order valence-electron chi connectivity index (χ0n) is 12.0. The molecule has 2 aromatic carbocycles. The van der Waals surface area contributed by atoms with Gasteiger partial charge < -0.3 is 5.32 Å². The van der Waals surface area contributed by atoms with E-state index in [1.165, 1.54) is 18.2 Å². The monoisotopic (exact) mass is 307 g/mol. The van der Waals surface area contributed by atoms with E-state index < -0.39 is 11.6 Å². The molecule has 0 saturated carbocycles.